The summed E-state index contributed by atoms with van der Waals surface area (Å²) in [5.74, 6) is 2.02. The van der Waals surface area contributed by atoms with E-state index in [1.165, 1.54) is 0 Å². The maximum atomic E-state index is 12.3. The number of hydrogen-bond donors (Lipinski definition) is 2. The molecule has 1 amide bonds. The Hall–Kier alpha value is -2.48. The van der Waals surface area contributed by atoms with Crippen molar-refractivity contribution < 1.29 is 24.1 Å². The minimum Gasteiger partial charge on any atom is -0.491 e. The zero-order valence-electron chi connectivity index (χ0n) is 16.6. The van der Waals surface area contributed by atoms with Gasteiger partial charge >= 0.3 is 0 Å². The summed E-state index contributed by atoms with van der Waals surface area (Å²) in [5.41, 5.74) is 0.0562. The molecule has 0 aromatic heterocycles. The first kappa shape index (κ1) is 20.8. The average molecular weight is 433 g/mol. The van der Waals surface area contributed by atoms with Gasteiger partial charge in [0.1, 0.15) is 18.0 Å². The van der Waals surface area contributed by atoms with Gasteiger partial charge in [-0.15, -0.1) is 0 Å². The van der Waals surface area contributed by atoms with Gasteiger partial charge < -0.3 is 24.6 Å². The molecule has 0 saturated carbocycles. The summed E-state index contributed by atoms with van der Waals surface area (Å²) < 4.78 is 16.4. The highest BCUT2D eigenvalue weighted by molar-refractivity contribution is 6.30. The first-order chi connectivity index (χ1) is 14.5. The molecular weight excluding hydrogens is 408 g/mol. The first-order valence-corrected chi connectivity index (χ1v) is 10.4. The number of rotatable bonds is 7. The Morgan fingerprint density at radius 2 is 1.97 bits per heavy atom. The highest BCUT2D eigenvalue weighted by atomic mass is 35.5. The van der Waals surface area contributed by atoms with Crippen LogP contribution in [0.15, 0.2) is 42.5 Å². The molecule has 0 unspecified atom stereocenters. The molecule has 7 nitrogen and oxygen atoms in total. The number of nitrogens with zero attached hydrogens (tertiary/aromatic N) is 1. The predicted molar refractivity (Wildman–Crippen MR) is 112 cm³/mol. The molecule has 0 bridgehead atoms. The van der Waals surface area contributed by atoms with Crippen molar-refractivity contribution in [3.63, 3.8) is 0 Å². The Kier molecular flexibility index (Phi) is 6.32. The fourth-order valence-corrected chi connectivity index (χ4v) is 3.74. The lowest BCUT2D eigenvalue weighted by Crippen LogP contribution is -2.50. The quantitative estimate of drug-likeness (QED) is 0.700. The molecule has 0 spiro atoms. The second-order valence-electron chi connectivity index (χ2n) is 7.71. The number of nitrogens with one attached hydrogen (secondary N) is 1. The molecule has 8 heteroatoms. The molecule has 2 N–H and O–H groups in total. The minimum atomic E-state index is -0.901. The van der Waals surface area contributed by atoms with Gasteiger partial charge in [-0.05, 0) is 48.7 Å². The van der Waals surface area contributed by atoms with E-state index in [9.17, 15) is 9.90 Å². The minimum absolute atomic E-state index is 0.0479. The summed E-state index contributed by atoms with van der Waals surface area (Å²) in [4.78, 5) is 14.4. The highest BCUT2D eigenvalue weighted by Crippen LogP contribution is 2.32. The molecule has 2 aliphatic heterocycles. The number of fused-ring (bicyclic) bond motifs is 1. The largest absolute Gasteiger partial charge is 0.491 e. The van der Waals surface area contributed by atoms with Crippen LogP contribution in [0.2, 0.25) is 5.02 Å². The fourth-order valence-electron chi connectivity index (χ4n) is 3.56. The molecule has 0 aliphatic carbocycles. The van der Waals surface area contributed by atoms with Crippen molar-refractivity contribution in [2.45, 2.75) is 25.0 Å². The zero-order valence-corrected chi connectivity index (χ0v) is 17.4. The number of carbonyl (C=O) groups excluding carboxylic acids is 1. The summed E-state index contributed by atoms with van der Waals surface area (Å²) in [6.45, 7) is 2.43. The summed E-state index contributed by atoms with van der Waals surface area (Å²) in [6.07, 6.45) is 1.09. The van der Waals surface area contributed by atoms with Crippen molar-refractivity contribution >= 4 is 17.5 Å². The normalized spacial score (nSPS) is 17.5. The van der Waals surface area contributed by atoms with Crippen LogP contribution < -0.4 is 19.5 Å². The van der Waals surface area contributed by atoms with Gasteiger partial charge in [-0.1, -0.05) is 23.7 Å². The van der Waals surface area contributed by atoms with Crippen LogP contribution >= 0.6 is 11.6 Å². The van der Waals surface area contributed by atoms with Gasteiger partial charge in [0, 0.05) is 24.7 Å². The van der Waals surface area contributed by atoms with E-state index in [1.54, 1.807) is 12.1 Å². The fraction of sp³-hybridized carbons (Fsp3) is 0.409. The second-order valence-corrected chi connectivity index (χ2v) is 8.15. The lowest BCUT2D eigenvalue weighted by atomic mass is 9.92. The summed E-state index contributed by atoms with van der Waals surface area (Å²) in [5, 5.41) is 14.3. The van der Waals surface area contributed by atoms with Crippen molar-refractivity contribution in [1.29, 1.82) is 0 Å². The molecule has 0 atom stereocenters. The third-order valence-electron chi connectivity index (χ3n) is 5.38. The van der Waals surface area contributed by atoms with E-state index >= 15 is 0 Å². The molecule has 1 fully saturated rings. The second kappa shape index (κ2) is 9.12. The van der Waals surface area contributed by atoms with E-state index in [1.807, 2.05) is 35.2 Å². The van der Waals surface area contributed by atoms with Crippen LogP contribution in [0.4, 0.5) is 0 Å². The number of halogens is 1. The molecular formula is C22H25ClN2O5. The Morgan fingerprint density at radius 1 is 1.17 bits per heavy atom. The Bertz CT molecular complexity index is 899. The maximum absolute atomic E-state index is 12.3. The van der Waals surface area contributed by atoms with Gasteiger partial charge in [-0.2, -0.15) is 0 Å². The molecule has 0 radical (unpaired) electrons. The number of aliphatic hydroxyl groups is 1. The molecule has 30 heavy (non-hydrogen) atoms. The van der Waals surface area contributed by atoms with Gasteiger partial charge in [-0.3, -0.25) is 9.69 Å². The SMILES string of the molecule is O=C(CN1CCC(O)(COc2cccc(Cl)c2)CC1)NCc1ccc2c(c1)OCO2. The summed E-state index contributed by atoms with van der Waals surface area (Å²) in [7, 11) is 0. The first-order valence-electron chi connectivity index (χ1n) is 9.97. The Balaban J connectivity index is 1.19. The van der Waals surface area contributed by atoms with Gasteiger partial charge in [0.2, 0.25) is 12.7 Å². The lowest BCUT2D eigenvalue weighted by molar-refractivity contribution is -0.124. The zero-order chi connectivity index (χ0) is 21.0. The highest BCUT2D eigenvalue weighted by Gasteiger charge is 2.33. The van der Waals surface area contributed by atoms with E-state index in [0.717, 1.165) is 11.3 Å². The molecule has 160 valence electrons. The maximum Gasteiger partial charge on any atom is 0.234 e. The van der Waals surface area contributed by atoms with E-state index in [2.05, 4.69) is 5.32 Å². The topological polar surface area (TPSA) is 80.3 Å². The molecule has 4 rings (SSSR count). The van der Waals surface area contributed by atoms with Gasteiger partial charge in [0.15, 0.2) is 11.5 Å². The lowest BCUT2D eigenvalue weighted by Gasteiger charge is -2.37. The Labute approximate surface area is 180 Å². The van der Waals surface area contributed by atoms with Crippen LogP contribution in [0.1, 0.15) is 18.4 Å². The third-order valence-corrected chi connectivity index (χ3v) is 5.62. The molecule has 2 aliphatic rings. The summed E-state index contributed by atoms with van der Waals surface area (Å²) >= 11 is 5.96. The number of ether oxygens (including phenoxy) is 3. The smallest absolute Gasteiger partial charge is 0.234 e. The predicted octanol–water partition coefficient (Wildman–Crippen LogP) is 2.59. The average Bonchev–Trinajstić information content (AvgIpc) is 3.21. The van der Waals surface area contributed by atoms with Gasteiger partial charge in [0.25, 0.3) is 0 Å². The molecule has 2 aromatic rings. The van der Waals surface area contributed by atoms with Crippen LogP contribution in [0.5, 0.6) is 17.2 Å². The van der Waals surface area contributed by atoms with Crippen LogP contribution in [0.25, 0.3) is 0 Å². The number of hydrogen-bond acceptors (Lipinski definition) is 6. The van der Waals surface area contributed by atoms with E-state index < -0.39 is 5.60 Å². The van der Waals surface area contributed by atoms with Crippen LogP contribution in [-0.2, 0) is 11.3 Å². The van der Waals surface area contributed by atoms with Crippen LogP contribution in [0.3, 0.4) is 0 Å². The van der Waals surface area contributed by atoms with E-state index in [-0.39, 0.29) is 19.3 Å². The van der Waals surface area contributed by atoms with Gasteiger partial charge in [0.05, 0.1) is 6.54 Å². The van der Waals surface area contributed by atoms with Crippen molar-refractivity contribution in [3.8, 4) is 17.2 Å². The Morgan fingerprint density at radius 3 is 2.77 bits per heavy atom. The van der Waals surface area contributed by atoms with Crippen molar-refractivity contribution in [1.82, 2.24) is 10.2 Å². The molecule has 1 saturated heterocycles. The monoisotopic (exact) mass is 432 g/mol. The number of carbonyl (C=O) groups is 1. The van der Waals surface area contributed by atoms with E-state index in [0.29, 0.717) is 55.5 Å². The number of amides is 1. The van der Waals surface area contributed by atoms with Crippen molar-refractivity contribution in [2.24, 2.45) is 0 Å². The van der Waals surface area contributed by atoms with E-state index in [4.69, 9.17) is 25.8 Å². The summed E-state index contributed by atoms with van der Waals surface area (Å²) in [6, 6.07) is 12.8. The third kappa shape index (κ3) is 5.36. The van der Waals surface area contributed by atoms with Gasteiger partial charge in [-0.25, -0.2) is 0 Å². The number of piperidine rings is 1. The number of likely N-dealkylation sites (tertiary alicyclic amines) is 1. The standard InChI is InChI=1S/C22H25ClN2O5/c23-17-2-1-3-18(11-17)28-14-22(27)6-8-25(9-7-22)13-21(26)24-12-16-4-5-19-20(10-16)30-15-29-19/h1-5,10-11,27H,6-9,12-15H2,(H,24,26). The van der Waals surface area contributed by atoms with Crippen LogP contribution in [-0.4, -0.2) is 54.5 Å². The van der Waals surface area contributed by atoms with Crippen LogP contribution in [0, 0.1) is 0 Å². The molecule has 2 aromatic carbocycles. The number of benzene rings is 2. The van der Waals surface area contributed by atoms with Crippen molar-refractivity contribution in [3.05, 3.63) is 53.1 Å². The van der Waals surface area contributed by atoms with Crippen molar-refractivity contribution in [2.75, 3.05) is 33.0 Å². The molecule has 2 heterocycles.